The zero-order chi connectivity index (χ0) is 21.1. The number of ketones is 1. The van der Waals surface area contributed by atoms with Gasteiger partial charge in [-0.25, -0.2) is 0 Å². The number of likely N-dealkylation sites (tertiary alicyclic amines) is 2. The molecule has 2 amide bonds. The number of fused-ring (bicyclic) bond motifs is 1. The molecular weight excluding hydrogens is 380 g/mol. The van der Waals surface area contributed by atoms with Crippen molar-refractivity contribution in [1.29, 1.82) is 0 Å². The lowest BCUT2D eigenvalue weighted by atomic mass is 9.83. The van der Waals surface area contributed by atoms with Gasteiger partial charge >= 0.3 is 0 Å². The number of benzene rings is 2. The molecule has 2 heterocycles. The van der Waals surface area contributed by atoms with E-state index in [-0.39, 0.29) is 17.9 Å². The molecule has 0 bridgehead atoms. The van der Waals surface area contributed by atoms with Gasteiger partial charge in [-0.1, -0.05) is 36.4 Å². The number of hydrogen-bond donors (Lipinski definition) is 0. The number of piperidine rings is 2. The highest BCUT2D eigenvalue weighted by Gasteiger charge is 2.41. The van der Waals surface area contributed by atoms with Gasteiger partial charge in [-0.05, 0) is 43.4 Å². The van der Waals surface area contributed by atoms with Crippen molar-refractivity contribution in [2.75, 3.05) is 26.7 Å². The molecule has 2 saturated heterocycles. The summed E-state index contributed by atoms with van der Waals surface area (Å²) >= 11 is 0. The van der Waals surface area contributed by atoms with Crippen molar-refractivity contribution >= 4 is 17.6 Å². The van der Waals surface area contributed by atoms with Crippen molar-refractivity contribution in [1.82, 2.24) is 9.80 Å². The van der Waals surface area contributed by atoms with E-state index in [2.05, 4.69) is 0 Å². The minimum absolute atomic E-state index is 0.00766. The van der Waals surface area contributed by atoms with E-state index < -0.39 is 11.7 Å². The molecule has 2 aromatic carbocycles. The van der Waals surface area contributed by atoms with Crippen LogP contribution in [0.3, 0.4) is 0 Å². The van der Waals surface area contributed by atoms with Crippen LogP contribution in [0.15, 0.2) is 54.6 Å². The van der Waals surface area contributed by atoms with E-state index in [0.717, 1.165) is 12.8 Å². The monoisotopic (exact) mass is 406 g/mol. The van der Waals surface area contributed by atoms with Crippen LogP contribution in [-0.4, -0.2) is 60.2 Å². The van der Waals surface area contributed by atoms with E-state index >= 15 is 0 Å². The second-order valence-corrected chi connectivity index (χ2v) is 7.94. The second kappa shape index (κ2) is 8.69. The summed E-state index contributed by atoms with van der Waals surface area (Å²) < 4.78 is 5.23. The SMILES string of the molecule is COc1cccc(C(=O)N2CC[C@@H]3[C@H](CCCN3C(=O)C(=O)c3ccccc3)C2)c1. The summed E-state index contributed by atoms with van der Waals surface area (Å²) in [6.07, 6.45) is 2.49. The number of rotatable bonds is 4. The first-order chi connectivity index (χ1) is 14.6. The highest BCUT2D eigenvalue weighted by Crippen LogP contribution is 2.32. The third kappa shape index (κ3) is 3.95. The number of carbonyl (C=O) groups is 3. The third-order valence-corrected chi connectivity index (χ3v) is 6.16. The molecular formula is C24H26N2O4. The Kier molecular flexibility index (Phi) is 5.84. The Labute approximate surface area is 176 Å². The molecule has 2 atom stereocenters. The first kappa shape index (κ1) is 20.1. The van der Waals surface area contributed by atoms with Gasteiger partial charge in [0.2, 0.25) is 5.78 Å². The molecule has 4 rings (SSSR count). The molecule has 0 N–H and O–H groups in total. The average molecular weight is 406 g/mol. The number of carbonyl (C=O) groups excluding carboxylic acids is 3. The van der Waals surface area contributed by atoms with Crippen molar-refractivity contribution in [2.45, 2.75) is 25.3 Å². The summed E-state index contributed by atoms with van der Waals surface area (Å²) in [7, 11) is 1.58. The third-order valence-electron chi connectivity index (χ3n) is 6.16. The molecule has 0 radical (unpaired) electrons. The largest absolute Gasteiger partial charge is 0.497 e. The maximum atomic E-state index is 13.0. The fraction of sp³-hybridized carbons (Fsp3) is 0.375. The Balaban J connectivity index is 1.46. The Hall–Kier alpha value is -3.15. The van der Waals surface area contributed by atoms with Gasteiger partial charge in [0.05, 0.1) is 7.11 Å². The summed E-state index contributed by atoms with van der Waals surface area (Å²) in [4.78, 5) is 42.2. The Morgan fingerprint density at radius 3 is 2.47 bits per heavy atom. The number of nitrogens with zero attached hydrogens (tertiary/aromatic N) is 2. The zero-order valence-corrected chi connectivity index (χ0v) is 17.1. The van der Waals surface area contributed by atoms with Crippen LogP contribution in [0.25, 0.3) is 0 Å². The van der Waals surface area contributed by atoms with Crippen molar-refractivity contribution < 1.29 is 19.1 Å². The molecule has 0 aliphatic carbocycles. The van der Waals surface area contributed by atoms with Crippen LogP contribution in [0.2, 0.25) is 0 Å². The standard InChI is InChI=1S/C24H26N2O4/c1-30-20-11-5-9-18(15-20)23(28)25-14-12-21-19(16-25)10-6-13-26(21)24(29)22(27)17-7-3-2-4-8-17/h2-5,7-9,11,15,19,21H,6,10,12-14,16H2,1H3/t19-,21-/m1/s1. The van der Waals surface area contributed by atoms with Gasteiger partial charge in [0, 0.05) is 36.8 Å². The lowest BCUT2D eigenvalue weighted by Crippen LogP contribution is -2.57. The van der Waals surface area contributed by atoms with Gasteiger partial charge < -0.3 is 14.5 Å². The molecule has 0 spiro atoms. The maximum Gasteiger partial charge on any atom is 0.295 e. The molecule has 30 heavy (non-hydrogen) atoms. The molecule has 0 saturated carbocycles. The lowest BCUT2D eigenvalue weighted by Gasteiger charge is -2.47. The van der Waals surface area contributed by atoms with Crippen molar-refractivity contribution in [3.05, 3.63) is 65.7 Å². The normalized spacial score (nSPS) is 21.0. The maximum absolute atomic E-state index is 13.0. The number of hydrogen-bond acceptors (Lipinski definition) is 4. The molecule has 0 unspecified atom stereocenters. The predicted molar refractivity (Wildman–Crippen MR) is 113 cm³/mol. The molecule has 0 aromatic heterocycles. The summed E-state index contributed by atoms with van der Waals surface area (Å²) in [5.74, 6) is -0.0510. The van der Waals surface area contributed by atoms with Crippen LogP contribution in [0, 0.1) is 5.92 Å². The van der Waals surface area contributed by atoms with Crippen LogP contribution in [0.5, 0.6) is 5.75 Å². The zero-order valence-electron chi connectivity index (χ0n) is 17.1. The van der Waals surface area contributed by atoms with Gasteiger partial charge in [-0.15, -0.1) is 0 Å². The topological polar surface area (TPSA) is 66.9 Å². The van der Waals surface area contributed by atoms with Crippen molar-refractivity contribution in [3.8, 4) is 5.75 Å². The van der Waals surface area contributed by atoms with Gasteiger partial charge in [0.25, 0.3) is 11.8 Å². The molecule has 6 heteroatoms. The van der Waals surface area contributed by atoms with Crippen LogP contribution in [0.4, 0.5) is 0 Å². The lowest BCUT2D eigenvalue weighted by molar-refractivity contribution is -0.133. The molecule has 2 aliphatic rings. The second-order valence-electron chi connectivity index (χ2n) is 7.94. The highest BCUT2D eigenvalue weighted by molar-refractivity contribution is 6.42. The highest BCUT2D eigenvalue weighted by atomic mass is 16.5. The van der Waals surface area contributed by atoms with Crippen LogP contribution >= 0.6 is 0 Å². The van der Waals surface area contributed by atoms with E-state index in [1.165, 1.54) is 0 Å². The smallest absolute Gasteiger partial charge is 0.295 e. The van der Waals surface area contributed by atoms with E-state index in [9.17, 15) is 14.4 Å². The number of Topliss-reactive ketones (excluding diaryl/α,β-unsaturated/α-hetero) is 1. The first-order valence-corrected chi connectivity index (χ1v) is 10.4. The first-order valence-electron chi connectivity index (χ1n) is 10.4. The summed E-state index contributed by atoms with van der Waals surface area (Å²) in [5, 5.41) is 0. The fourth-order valence-electron chi connectivity index (χ4n) is 4.62. The molecule has 2 aliphatic heterocycles. The minimum atomic E-state index is -0.453. The van der Waals surface area contributed by atoms with Crippen LogP contribution in [-0.2, 0) is 4.79 Å². The molecule has 6 nitrogen and oxygen atoms in total. The molecule has 2 aromatic rings. The van der Waals surface area contributed by atoms with Gasteiger partial charge in [-0.2, -0.15) is 0 Å². The average Bonchev–Trinajstić information content (AvgIpc) is 2.82. The predicted octanol–water partition coefficient (Wildman–Crippen LogP) is 3.03. The number of ether oxygens (including phenoxy) is 1. The molecule has 2 fully saturated rings. The fourth-order valence-corrected chi connectivity index (χ4v) is 4.62. The quantitative estimate of drug-likeness (QED) is 0.578. The van der Waals surface area contributed by atoms with Gasteiger partial charge in [-0.3, -0.25) is 14.4 Å². The van der Waals surface area contributed by atoms with Gasteiger partial charge in [0.15, 0.2) is 0 Å². The Morgan fingerprint density at radius 1 is 0.933 bits per heavy atom. The molecule has 156 valence electrons. The minimum Gasteiger partial charge on any atom is -0.497 e. The summed E-state index contributed by atoms with van der Waals surface area (Å²) in [6, 6.07) is 15.9. The van der Waals surface area contributed by atoms with E-state index in [1.54, 1.807) is 48.4 Å². The van der Waals surface area contributed by atoms with Crippen LogP contribution in [0.1, 0.15) is 40.0 Å². The van der Waals surface area contributed by atoms with Gasteiger partial charge in [0.1, 0.15) is 5.75 Å². The van der Waals surface area contributed by atoms with E-state index in [1.807, 2.05) is 23.1 Å². The summed E-state index contributed by atoms with van der Waals surface area (Å²) in [6.45, 7) is 1.77. The van der Waals surface area contributed by atoms with Crippen molar-refractivity contribution in [2.24, 2.45) is 5.92 Å². The number of amides is 2. The van der Waals surface area contributed by atoms with Crippen molar-refractivity contribution in [3.63, 3.8) is 0 Å². The van der Waals surface area contributed by atoms with E-state index in [4.69, 9.17) is 4.74 Å². The summed E-state index contributed by atoms with van der Waals surface area (Å²) in [5.41, 5.74) is 1.03. The Morgan fingerprint density at radius 2 is 1.70 bits per heavy atom. The number of methoxy groups -OCH3 is 1. The van der Waals surface area contributed by atoms with Crippen LogP contribution < -0.4 is 4.74 Å². The Bertz CT molecular complexity index is 943. The van der Waals surface area contributed by atoms with E-state index in [0.29, 0.717) is 42.9 Å².